The van der Waals surface area contributed by atoms with E-state index in [9.17, 15) is 0 Å². The van der Waals surface area contributed by atoms with Gasteiger partial charge in [-0.05, 0) is 53.2 Å². The molecule has 126 valence electrons. The number of rotatable bonds is 4. The fourth-order valence-electron chi connectivity index (χ4n) is 1.88. The molecule has 4 nitrogen and oxygen atoms in total. The largest absolute Gasteiger partial charge is 0.388 e. The molecule has 7 heteroatoms. The third kappa shape index (κ3) is 7.86. The number of hydrogen-bond acceptors (Lipinski definition) is 4. The summed E-state index contributed by atoms with van der Waals surface area (Å²) in [5, 5.41) is 3.29. The summed E-state index contributed by atoms with van der Waals surface area (Å²) in [5.74, 6) is 6.38. The van der Waals surface area contributed by atoms with Crippen LogP contribution in [-0.2, 0) is 9.26 Å². The van der Waals surface area contributed by atoms with Gasteiger partial charge in [0.05, 0.1) is 19.1 Å². The number of methoxy groups -OCH3 is 1. The van der Waals surface area contributed by atoms with Crippen molar-refractivity contribution in [1.29, 1.82) is 0 Å². The van der Waals surface area contributed by atoms with Crippen molar-refractivity contribution >= 4 is 44.4 Å². The van der Waals surface area contributed by atoms with Crippen LogP contribution < -0.4 is 5.32 Å². The molecule has 0 saturated carbocycles. The van der Waals surface area contributed by atoms with Crippen LogP contribution in [0.15, 0.2) is 41.1 Å². The quantitative estimate of drug-likeness (QED) is 0.375. The zero-order valence-electron chi connectivity index (χ0n) is 13.3. The predicted molar refractivity (Wildman–Crippen MR) is 110 cm³/mol. The standard InChI is InChI=1S/C14H15BrIN2OP.C2H6O/c1-11(19-20-16)14-17-8-10-18(14)9-2-3-12-4-6-13(15)7-5-12;1-3-2/h4-8,10-11,14,17,20H,9H2,1H3;1-2H3. The summed E-state index contributed by atoms with van der Waals surface area (Å²) in [4.78, 5) is 2.16. The molecule has 2 rings (SSSR count). The lowest BCUT2D eigenvalue weighted by Crippen LogP contribution is -2.44. The highest BCUT2D eigenvalue weighted by atomic mass is 127. The van der Waals surface area contributed by atoms with Crippen LogP contribution in [0.25, 0.3) is 0 Å². The van der Waals surface area contributed by atoms with E-state index >= 15 is 0 Å². The molecule has 0 aliphatic carbocycles. The minimum absolute atomic E-state index is 0.134. The van der Waals surface area contributed by atoms with Gasteiger partial charge in [0.25, 0.3) is 0 Å². The lowest BCUT2D eigenvalue weighted by Gasteiger charge is -2.28. The van der Waals surface area contributed by atoms with Gasteiger partial charge >= 0.3 is 0 Å². The Hall–Kier alpha value is -0.320. The molecule has 1 aromatic carbocycles. The maximum absolute atomic E-state index is 5.65. The Morgan fingerprint density at radius 2 is 2.04 bits per heavy atom. The third-order valence-corrected chi connectivity index (χ3v) is 4.66. The topological polar surface area (TPSA) is 33.7 Å². The highest BCUT2D eigenvalue weighted by Crippen LogP contribution is 2.26. The average molecular weight is 511 g/mol. The summed E-state index contributed by atoms with van der Waals surface area (Å²) in [6.07, 6.45) is 4.27. The van der Waals surface area contributed by atoms with Crippen molar-refractivity contribution in [2.24, 2.45) is 0 Å². The molecule has 0 amide bonds. The zero-order valence-corrected chi connectivity index (χ0v) is 18.1. The number of nitrogens with zero attached hydrogens (tertiary/aromatic N) is 1. The van der Waals surface area contributed by atoms with Crippen LogP contribution in [-0.4, -0.2) is 37.9 Å². The monoisotopic (exact) mass is 510 g/mol. The minimum atomic E-state index is 0.134. The highest BCUT2D eigenvalue weighted by Gasteiger charge is 2.24. The molecule has 1 aliphatic heterocycles. The number of ether oxygens (including phenoxy) is 1. The van der Waals surface area contributed by atoms with E-state index in [1.165, 1.54) is 0 Å². The van der Waals surface area contributed by atoms with E-state index in [4.69, 9.17) is 4.52 Å². The van der Waals surface area contributed by atoms with Crippen molar-refractivity contribution in [2.75, 3.05) is 20.8 Å². The molecule has 1 N–H and O–H groups in total. The van der Waals surface area contributed by atoms with Crippen molar-refractivity contribution in [3.05, 3.63) is 46.7 Å². The molecule has 0 saturated heterocycles. The van der Waals surface area contributed by atoms with Crippen LogP contribution in [0.2, 0.25) is 0 Å². The fraction of sp³-hybridized carbons (Fsp3) is 0.375. The second-order valence-corrected chi connectivity index (χ2v) is 7.34. The smallest absolute Gasteiger partial charge is 0.126 e. The number of halogens is 2. The van der Waals surface area contributed by atoms with E-state index in [0.717, 1.165) is 10.0 Å². The van der Waals surface area contributed by atoms with Gasteiger partial charge in [-0.25, -0.2) is 0 Å². The summed E-state index contributed by atoms with van der Waals surface area (Å²) in [6, 6.07) is 8.02. The minimum Gasteiger partial charge on any atom is -0.388 e. The summed E-state index contributed by atoms with van der Waals surface area (Å²) in [6.45, 7) is 3.23. The summed E-state index contributed by atoms with van der Waals surface area (Å²) in [5.41, 5.74) is 1.03. The van der Waals surface area contributed by atoms with Crippen molar-refractivity contribution < 1.29 is 9.26 Å². The summed E-state index contributed by atoms with van der Waals surface area (Å²) < 4.78 is 11.0. The summed E-state index contributed by atoms with van der Waals surface area (Å²) in [7, 11) is 3.25. The molecule has 0 aromatic heterocycles. The lowest BCUT2D eigenvalue weighted by molar-refractivity contribution is 0.132. The Morgan fingerprint density at radius 1 is 1.39 bits per heavy atom. The van der Waals surface area contributed by atoms with E-state index in [1.54, 1.807) is 14.2 Å². The van der Waals surface area contributed by atoms with Crippen LogP contribution in [0.1, 0.15) is 12.5 Å². The van der Waals surface area contributed by atoms with E-state index < -0.39 is 0 Å². The Bertz CT molecular complexity index is 545. The van der Waals surface area contributed by atoms with Crippen molar-refractivity contribution in [3.8, 4) is 11.8 Å². The Kier molecular flexibility index (Phi) is 10.9. The van der Waals surface area contributed by atoms with Crippen molar-refractivity contribution in [3.63, 3.8) is 0 Å². The second-order valence-electron chi connectivity index (χ2n) is 4.72. The first-order chi connectivity index (χ1) is 11.1. The maximum Gasteiger partial charge on any atom is 0.126 e. The lowest BCUT2D eigenvalue weighted by atomic mass is 10.2. The molecule has 0 radical (unpaired) electrons. The molecule has 0 fully saturated rings. The molecule has 0 bridgehead atoms. The summed E-state index contributed by atoms with van der Waals surface area (Å²) >= 11 is 5.66. The van der Waals surface area contributed by atoms with Crippen LogP contribution >= 0.6 is 44.4 Å². The molecule has 0 spiro atoms. The molecule has 1 heterocycles. The normalized spacial score (nSPS) is 17.3. The Balaban J connectivity index is 0.000000816. The number of nitrogens with one attached hydrogen (secondary N) is 1. The molecule has 3 unspecified atom stereocenters. The van der Waals surface area contributed by atoms with Gasteiger partial charge in [-0.15, -0.1) is 0 Å². The van der Waals surface area contributed by atoms with Gasteiger partial charge < -0.3 is 19.5 Å². The fourth-order valence-corrected chi connectivity index (χ4v) is 3.62. The molecule has 1 aliphatic rings. The van der Waals surface area contributed by atoms with E-state index in [0.29, 0.717) is 13.0 Å². The second kappa shape index (κ2) is 12.1. The van der Waals surface area contributed by atoms with Crippen LogP contribution in [0.3, 0.4) is 0 Å². The molecular formula is C16H21BrIN2O2P. The zero-order chi connectivity index (χ0) is 17.1. The van der Waals surface area contributed by atoms with E-state index in [2.05, 4.69) is 71.7 Å². The van der Waals surface area contributed by atoms with Crippen LogP contribution in [0, 0.1) is 11.8 Å². The van der Waals surface area contributed by atoms with Crippen molar-refractivity contribution in [1.82, 2.24) is 10.2 Å². The van der Waals surface area contributed by atoms with Crippen LogP contribution in [0.5, 0.6) is 0 Å². The SMILES string of the molecule is CC(OPI)C1NC=CN1CC#Cc1ccc(Br)cc1.COC. The van der Waals surface area contributed by atoms with Crippen molar-refractivity contribution in [2.45, 2.75) is 19.2 Å². The first-order valence-electron chi connectivity index (χ1n) is 6.96. The maximum atomic E-state index is 5.65. The molecule has 1 aromatic rings. The Morgan fingerprint density at radius 3 is 2.65 bits per heavy atom. The highest BCUT2D eigenvalue weighted by molar-refractivity contribution is 14.2. The van der Waals surface area contributed by atoms with Crippen LogP contribution in [0.4, 0.5) is 0 Å². The van der Waals surface area contributed by atoms with Gasteiger partial charge in [-0.1, -0.05) is 27.8 Å². The van der Waals surface area contributed by atoms with Gasteiger partial charge in [-0.3, -0.25) is 0 Å². The van der Waals surface area contributed by atoms with Gasteiger partial charge in [-0.2, -0.15) is 0 Å². The Labute approximate surface area is 161 Å². The first kappa shape index (κ1) is 20.7. The van der Waals surface area contributed by atoms with Gasteiger partial charge in [0.2, 0.25) is 0 Å². The van der Waals surface area contributed by atoms with Gasteiger partial charge in [0.1, 0.15) is 6.17 Å². The molecule has 23 heavy (non-hydrogen) atoms. The number of hydrogen-bond donors (Lipinski definition) is 1. The third-order valence-electron chi connectivity index (χ3n) is 2.90. The predicted octanol–water partition coefficient (Wildman–Crippen LogP) is 4.11. The van der Waals surface area contributed by atoms with E-state index in [-0.39, 0.29) is 12.3 Å². The number of benzene rings is 1. The first-order valence-corrected chi connectivity index (χ1v) is 11.8. The average Bonchev–Trinajstić information content (AvgIpc) is 2.99. The molecule has 3 atom stereocenters. The van der Waals surface area contributed by atoms with Gasteiger partial charge in [0, 0.05) is 36.7 Å². The molecular weight excluding hydrogens is 490 g/mol. The van der Waals surface area contributed by atoms with E-state index in [1.807, 2.05) is 36.7 Å². The van der Waals surface area contributed by atoms with Gasteiger partial charge in [0.15, 0.2) is 0 Å².